The van der Waals surface area contributed by atoms with Crippen LogP contribution in [0.25, 0.3) is 5.69 Å². The van der Waals surface area contributed by atoms with Crippen molar-refractivity contribution in [3.8, 4) is 17.2 Å². The predicted octanol–water partition coefficient (Wildman–Crippen LogP) is 4.44. The number of sulfonamides is 1. The number of anilines is 2. The Kier molecular flexibility index (Phi) is 6.96. The van der Waals surface area contributed by atoms with Crippen LogP contribution in [0.5, 0.6) is 11.5 Å². The van der Waals surface area contributed by atoms with Crippen molar-refractivity contribution in [2.45, 2.75) is 12.1 Å². The van der Waals surface area contributed by atoms with Crippen LogP contribution in [0.15, 0.2) is 85.2 Å². The molecule has 11 heteroatoms. The van der Waals surface area contributed by atoms with Crippen LogP contribution in [-0.2, 0) is 10.0 Å². The number of thiocarbonyl (C=S) groups is 1. The van der Waals surface area contributed by atoms with Gasteiger partial charge in [0.05, 0.1) is 37.9 Å². The zero-order chi connectivity index (χ0) is 26.9. The highest BCUT2D eigenvalue weighted by Crippen LogP contribution is 2.44. The molecule has 0 bridgehead atoms. The van der Waals surface area contributed by atoms with E-state index in [4.69, 9.17) is 21.7 Å². The number of pyridine rings is 1. The fourth-order valence-electron chi connectivity index (χ4n) is 4.66. The fraction of sp³-hybridized carbons (Fsp3) is 0.185. The second kappa shape index (κ2) is 10.3. The summed E-state index contributed by atoms with van der Waals surface area (Å²) in [6, 6.07) is 22.4. The third-order valence-corrected chi connectivity index (χ3v) is 7.20. The van der Waals surface area contributed by atoms with Crippen molar-refractivity contribution in [2.75, 3.05) is 30.1 Å². The highest BCUT2D eigenvalue weighted by atomic mass is 32.2. The zero-order valence-corrected chi connectivity index (χ0v) is 22.7. The highest BCUT2D eigenvalue weighted by molar-refractivity contribution is 7.92. The van der Waals surface area contributed by atoms with E-state index in [1.165, 1.54) is 7.11 Å². The van der Waals surface area contributed by atoms with Gasteiger partial charge in [-0.2, -0.15) is 0 Å². The van der Waals surface area contributed by atoms with Crippen LogP contribution in [0.3, 0.4) is 0 Å². The molecule has 1 aliphatic rings. The van der Waals surface area contributed by atoms with E-state index in [2.05, 4.69) is 25.7 Å². The van der Waals surface area contributed by atoms with E-state index in [0.29, 0.717) is 16.5 Å². The Bertz CT molecular complexity index is 1560. The summed E-state index contributed by atoms with van der Waals surface area (Å²) >= 11 is 5.85. The molecule has 0 aliphatic carbocycles. The maximum absolute atomic E-state index is 11.9. The molecule has 9 nitrogen and oxygen atoms in total. The van der Waals surface area contributed by atoms with Crippen molar-refractivity contribution in [1.82, 2.24) is 14.9 Å². The van der Waals surface area contributed by atoms with Gasteiger partial charge in [0.1, 0.15) is 17.5 Å². The van der Waals surface area contributed by atoms with Crippen molar-refractivity contribution in [3.63, 3.8) is 0 Å². The molecule has 1 aliphatic heterocycles. The van der Waals surface area contributed by atoms with Crippen LogP contribution in [0.2, 0.25) is 0 Å². The summed E-state index contributed by atoms with van der Waals surface area (Å²) in [5.41, 5.74) is 3.87. The van der Waals surface area contributed by atoms with Gasteiger partial charge in [-0.1, -0.05) is 6.07 Å². The summed E-state index contributed by atoms with van der Waals surface area (Å²) in [4.78, 5) is 6.63. The summed E-state index contributed by atoms with van der Waals surface area (Å²) in [6.07, 6.45) is 4.86. The average molecular weight is 550 g/mol. The Hall–Kier alpha value is -4.09. The lowest BCUT2D eigenvalue weighted by molar-refractivity contribution is 0.414. The van der Waals surface area contributed by atoms with Gasteiger partial charge >= 0.3 is 0 Å². The largest absolute Gasteiger partial charge is 0.497 e. The number of hydrogen-bond donors (Lipinski definition) is 2. The first kappa shape index (κ1) is 25.6. The fourth-order valence-corrected chi connectivity index (χ4v) is 5.57. The number of methoxy groups -OCH3 is 2. The monoisotopic (exact) mass is 549 g/mol. The third kappa shape index (κ3) is 5.02. The van der Waals surface area contributed by atoms with Gasteiger partial charge < -0.3 is 24.3 Å². The summed E-state index contributed by atoms with van der Waals surface area (Å²) < 4.78 is 39.2. The predicted molar refractivity (Wildman–Crippen MR) is 152 cm³/mol. The molecule has 0 amide bonds. The van der Waals surface area contributed by atoms with Gasteiger partial charge in [-0.15, -0.1) is 0 Å². The summed E-state index contributed by atoms with van der Waals surface area (Å²) in [5.74, 6) is 1.15. The molecular formula is C27H27N5O4S2. The summed E-state index contributed by atoms with van der Waals surface area (Å²) in [6.45, 7) is 0. The molecule has 2 aromatic heterocycles. The average Bonchev–Trinajstić information content (AvgIpc) is 3.53. The molecule has 0 saturated carbocycles. The maximum atomic E-state index is 11.9. The molecule has 196 valence electrons. The van der Waals surface area contributed by atoms with E-state index in [-0.39, 0.29) is 12.1 Å². The second-order valence-electron chi connectivity index (χ2n) is 8.76. The normalized spacial score (nSPS) is 17.2. The molecule has 38 heavy (non-hydrogen) atoms. The van der Waals surface area contributed by atoms with E-state index in [1.54, 1.807) is 25.4 Å². The smallest absolute Gasteiger partial charge is 0.229 e. The molecule has 0 spiro atoms. The molecule has 1 saturated heterocycles. The number of nitrogens with one attached hydrogen (secondary N) is 2. The van der Waals surface area contributed by atoms with Crippen LogP contribution in [0, 0.1) is 0 Å². The van der Waals surface area contributed by atoms with Crippen LogP contribution < -0.4 is 24.4 Å². The number of ether oxygens (including phenoxy) is 2. The lowest BCUT2D eigenvalue weighted by Crippen LogP contribution is -2.30. The zero-order valence-electron chi connectivity index (χ0n) is 21.0. The first-order chi connectivity index (χ1) is 18.3. The molecule has 3 heterocycles. The van der Waals surface area contributed by atoms with Gasteiger partial charge in [0.25, 0.3) is 0 Å². The minimum atomic E-state index is -3.49. The van der Waals surface area contributed by atoms with Crippen LogP contribution in [0.4, 0.5) is 11.4 Å². The minimum absolute atomic E-state index is 0.254. The molecule has 1 fully saturated rings. The van der Waals surface area contributed by atoms with E-state index in [0.717, 1.165) is 34.8 Å². The van der Waals surface area contributed by atoms with Crippen LogP contribution in [-0.4, -0.2) is 43.6 Å². The number of benzene rings is 2. The van der Waals surface area contributed by atoms with Crippen molar-refractivity contribution in [1.29, 1.82) is 0 Å². The van der Waals surface area contributed by atoms with Gasteiger partial charge in [0, 0.05) is 35.5 Å². The summed E-state index contributed by atoms with van der Waals surface area (Å²) in [5, 5.41) is 3.97. The quantitative estimate of drug-likeness (QED) is 0.312. The van der Waals surface area contributed by atoms with Crippen LogP contribution >= 0.6 is 12.2 Å². The van der Waals surface area contributed by atoms with E-state index in [1.807, 2.05) is 65.7 Å². The highest BCUT2D eigenvalue weighted by Gasteiger charge is 2.42. The second-order valence-corrected chi connectivity index (χ2v) is 10.9. The molecule has 0 radical (unpaired) electrons. The minimum Gasteiger partial charge on any atom is -0.497 e. The van der Waals surface area contributed by atoms with Gasteiger partial charge in [-0.3, -0.25) is 9.71 Å². The van der Waals surface area contributed by atoms with E-state index >= 15 is 0 Å². The molecule has 2 atom stereocenters. The number of rotatable bonds is 8. The van der Waals surface area contributed by atoms with Crippen molar-refractivity contribution in [2.24, 2.45) is 0 Å². The van der Waals surface area contributed by atoms with Gasteiger partial charge in [0.2, 0.25) is 10.0 Å². The molecular weight excluding hydrogens is 522 g/mol. The van der Waals surface area contributed by atoms with Crippen LogP contribution in [0.1, 0.15) is 23.5 Å². The Balaban J connectivity index is 1.63. The molecule has 2 aromatic carbocycles. The van der Waals surface area contributed by atoms with Gasteiger partial charge in [0.15, 0.2) is 5.11 Å². The molecule has 5 rings (SSSR count). The van der Waals surface area contributed by atoms with Gasteiger partial charge in [-0.25, -0.2) is 8.42 Å². The third-order valence-electron chi connectivity index (χ3n) is 6.29. The molecule has 4 aromatic rings. The Morgan fingerprint density at radius 2 is 1.74 bits per heavy atom. The maximum Gasteiger partial charge on any atom is 0.229 e. The van der Waals surface area contributed by atoms with Gasteiger partial charge in [-0.05, 0) is 72.9 Å². The SMILES string of the molecule is COc1ccc(-n2cccc2[C@H]2[C@@H](c3ccccn3)NC(=S)N2c2ccc(NS(C)(=O)=O)c(OC)c2)cc1. The lowest BCUT2D eigenvalue weighted by Gasteiger charge is -2.29. The number of hydrogen-bond acceptors (Lipinski definition) is 6. The van der Waals surface area contributed by atoms with Crippen molar-refractivity contribution >= 4 is 38.7 Å². The molecule has 2 N–H and O–H groups in total. The van der Waals surface area contributed by atoms with E-state index in [9.17, 15) is 8.42 Å². The Morgan fingerprint density at radius 1 is 0.974 bits per heavy atom. The molecule has 0 unspecified atom stereocenters. The topological polar surface area (TPSA) is 97.7 Å². The number of aromatic nitrogens is 2. The van der Waals surface area contributed by atoms with Crippen molar-refractivity contribution < 1.29 is 17.9 Å². The summed E-state index contributed by atoms with van der Waals surface area (Å²) in [7, 11) is -0.350. The first-order valence-electron chi connectivity index (χ1n) is 11.8. The Labute approximate surface area is 227 Å². The van der Waals surface area contributed by atoms with E-state index < -0.39 is 10.0 Å². The lowest BCUT2D eigenvalue weighted by atomic mass is 10.0. The van der Waals surface area contributed by atoms with Crippen molar-refractivity contribution in [3.05, 3.63) is 96.6 Å². The number of nitrogens with zero attached hydrogens (tertiary/aromatic N) is 3. The standard InChI is InChI=1S/C27H27N5O4S2/c1-35-20-12-9-18(10-13-20)31-16-6-8-23(31)26-25(22-7-4-5-15-28-22)29-27(37)32(26)19-11-14-21(24(17-19)36-2)30-38(3,33)34/h4-17,25-26,30H,1-3H3,(H,29,37)/t25-,26+/m1/s1. The Morgan fingerprint density at radius 3 is 2.39 bits per heavy atom. The first-order valence-corrected chi connectivity index (χ1v) is 14.1.